The molecular formula is C23H23F3N6O2. The first-order chi connectivity index (χ1) is 16.0. The fourth-order valence-corrected chi connectivity index (χ4v) is 3.66. The first-order valence-electron chi connectivity index (χ1n) is 10.6. The molecule has 1 atom stereocenters. The van der Waals surface area contributed by atoms with Gasteiger partial charge in [0.2, 0.25) is 0 Å². The van der Waals surface area contributed by atoms with Crippen molar-refractivity contribution in [2.24, 2.45) is 0 Å². The second-order valence-electron chi connectivity index (χ2n) is 8.96. The van der Waals surface area contributed by atoms with Crippen molar-refractivity contribution in [2.75, 3.05) is 11.9 Å². The Bertz CT molecular complexity index is 1270. The first kappa shape index (κ1) is 23.5. The molecule has 178 valence electrons. The number of halogens is 3. The maximum atomic E-state index is 14.1. The summed E-state index contributed by atoms with van der Waals surface area (Å²) in [5, 5.41) is 24.9. The average molecular weight is 472 g/mol. The minimum Gasteiger partial charge on any atom is -0.387 e. The van der Waals surface area contributed by atoms with Crippen LogP contribution in [0, 0.1) is 11.3 Å². The summed E-state index contributed by atoms with van der Waals surface area (Å²) in [6.45, 7) is 2.15. The molecule has 3 aromatic rings. The third-order valence-electron chi connectivity index (χ3n) is 5.69. The summed E-state index contributed by atoms with van der Waals surface area (Å²) in [5.74, 6) is -3.05. The van der Waals surface area contributed by atoms with E-state index in [0.29, 0.717) is 22.4 Å². The van der Waals surface area contributed by atoms with Crippen LogP contribution in [0.2, 0.25) is 0 Å². The Kier molecular flexibility index (Phi) is 5.95. The molecule has 0 bridgehead atoms. The van der Waals surface area contributed by atoms with Gasteiger partial charge in [0.25, 0.3) is 11.8 Å². The Hall–Kier alpha value is -3.65. The number of pyridine rings is 2. The summed E-state index contributed by atoms with van der Waals surface area (Å²) in [4.78, 5) is 21.4. The van der Waals surface area contributed by atoms with Gasteiger partial charge in [-0.25, -0.2) is 23.1 Å². The van der Waals surface area contributed by atoms with E-state index >= 15 is 0 Å². The lowest BCUT2D eigenvalue weighted by Crippen LogP contribution is -2.45. The molecule has 8 nitrogen and oxygen atoms in total. The predicted molar refractivity (Wildman–Crippen MR) is 119 cm³/mol. The quantitative estimate of drug-likeness (QED) is 0.486. The molecule has 0 aliphatic heterocycles. The molecule has 1 fully saturated rings. The number of rotatable bonds is 7. The van der Waals surface area contributed by atoms with Crippen LogP contribution in [0.15, 0.2) is 36.8 Å². The predicted octanol–water partition coefficient (Wildman–Crippen LogP) is 3.34. The lowest BCUT2D eigenvalue weighted by atomic mass is 9.88. The number of nitrogens with zero attached hydrogens (tertiary/aromatic N) is 4. The van der Waals surface area contributed by atoms with Crippen LogP contribution in [0.3, 0.4) is 0 Å². The van der Waals surface area contributed by atoms with Crippen molar-refractivity contribution < 1.29 is 23.1 Å². The van der Waals surface area contributed by atoms with Crippen LogP contribution in [0.4, 0.5) is 18.9 Å². The number of alkyl halides is 3. The molecule has 0 spiro atoms. The van der Waals surface area contributed by atoms with Gasteiger partial charge in [0.15, 0.2) is 0 Å². The molecule has 3 aromatic heterocycles. The number of nitriles is 1. The van der Waals surface area contributed by atoms with Crippen LogP contribution in [0.25, 0.3) is 16.9 Å². The summed E-state index contributed by atoms with van der Waals surface area (Å²) >= 11 is 0. The van der Waals surface area contributed by atoms with E-state index in [1.54, 1.807) is 22.9 Å². The van der Waals surface area contributed by atoms with Gasteiger partial charge in [-0.05, 0) is 26.0 Å². The van der Waals surface area contributed by atoms with Crippen LogP contribution in [-0.2, 0) is 0 Å². The van der Waals surface area contributed by atoms with Crippen molar-refractivity contribution in [3.05, 3.63) is 47.9 Å². The molecule has 0 aromatic carbocycles. The van der Waals surface area contributed by atoms with Crippen LogP contribution in [0.1, 0.15) is 42.6 Å². The number of carbonyl (C=O) groups excluding carboxylic acids is 1. The summed E-state index contributed by atoms with van der Waals surface area (Å²) in [6, 6.07) is 6.44. The van der Waals surface area contributed by atoms with Crippen molar-refractivity contribution in [3.8, 4) is 11.9 Å². The molecule has 0 radical (unpaired) electrons. The molecule has 1 saturated carbocycles. The van der Waals surface area contributed by atoms with Crippen molar-refractivity contribution in [1.29, 1.82) is 5.26 Å². The first-order valence-corrected chi connectivity index (χ1v) is 10.6. The van der Waals surface area contributed by atoms with Gasteiger partial charge in [-0.1, -0.05) is 0 Å². The van der Waals surface area contributed by atoms with Gasteiger partial charge in [0.05, 0.1) is 29.0 Å². The van der Waals surface area contributed by atoms with Gasteiger partial charge >= 0.3 is 0 Å². The van der Waals surface area contributed by atoms with E-state index in [4.69, 9.17) is 5.26 Å². The Morgan fingerprint density at radius 3 is 2.74 bits per heavy atom. The molecule has 3 N–H and O–H groups in total. The maximum Gasteiger partial charge on any atom is 0.255 e. The van der Waals surface area contributed by atoms with Crippen LogP contribution < -0.4 is 10.6 Å². The lowest BCUT2D eigenvalue weighted by molar-refractivity contribution is -0.0793. The zero-order chi connectivity index (χ0) is 24.7. The van der Waals surface area contributed by atoms with Crippen molar-refractivity contribution in [1.82, 2.24) is 19.9 Å². The minimum atomic E-state index is -2.76. The number of carbonyl (C=O) groups is 1. The standard InChI is InChI=1S/C23H23F3N6O2/c1-22(2,34)18(24)12-30-21(33)16-11-28-19(6-17(16)31-15-7-23(25,26)8-15)32-4-3-14-5-13(9-27)10-29-20(14)32/h3-6,10-11,15,18,34H,7-8,12H2,1-2H3,(H,28,31)(H,30,33). The van der Waals surface area contributed by atoms with Crippen molar-refractivity contribution in [3.63, 3.8) is 0 Å². The maximum absolute atomic E-state index is 14.1. The van der Waals surface area contributed by atoms with Gasteiger partial charge in [-0.3, -0.25) is 9.36 Å². The molecule has 1 amide bonds. The van der Waals surface area contributed by atoms with Crippen molar-refractivity contribution >= 4 is 22.6 Å². The van der Waals surface area contributed by atoms with E-state index in [1.807, 2.05) is 6.07 Å². The van der Waals surface area contributed by atoms with Gasteiger partial charge in [0, 0.05) is 48.9 Å². The number of hydrogen-bond donors (Lipinski definition) is 3. The molecule has 1 aliphatic carbocycles. The minimum absolute atomic E-state index is 0.0538. The fraction of sp³-hybridized carbons (Fsp3) is 0.391. The van der Waals surface area contributed by atoms with E-state index in [0.717, 1.165) is 0 Å². The second-order valence-corrected chi connectivity index (χ2v) is 8.96. The highest BCUT2D eigenvalue weighted by atomic mass is 19.3. The van der Waals surface area contributed by atoms with Crippen LogP contribution in [-0.4, -0.2) is 55.8 Å². The zero-order valence-corrected chi connectivity index (χ0v) is 18.5. The summed E-state index contributed by atoms with van der Waals surface area (Å²) in [6.07, 6.45) is 1.94. The number of fused-ring (bicyclic) bond motifs is 1. The highest BCUT2D eigenvalue weighted by Gasteiger charge is 2.45. The zero-order valence-electron chi connectivity index (χ0n) is 18.5. The molecule has 4 rings (SSSR count). The number of aromatic nitrogens is 3. The summed E-state index contributed by atoms with van der Waals surface area (Å²) < 4.78 is 42.5. The Morgan fingerprint density at radius 2 is 2.09 bits per heavy atom. The molecule has 3 heterocycles. The fourth-order valence-electron chi connectivity index (χ4n) is 3.66. The average Bonchev–Trinajstić information content (AvgIpc) is 3.18. The van der Waals surface area contributed by atoms with Crippen LogP contribution in [0.5, 0.6) is 0 Å². The topological polar surface area (TPSA) is 116 Å². The van der Waals surface area contributed by atoms with E-state index in [1.165, 1.54) is 32.3 Å². The number of amides is 1. The number of hydrogen-bond acceptors (Lipinski definition) is 6. The molecule has 1 unspecified atom stereocenters. The number of anilines is 1. The van der Waals surface area contributed by atoms with Gasteiger partial charge < -0.3 is 15.7 Å². The van der Waals surface area contributed by atoms with Gasteiger partial charge in [0.1, 0.15) is 23.7 Å². The molecule has 0 saturated heterocycles. The largest absolute Gasteiger partial charge is 0.387 e. The van der Waals surface area contributed by atoms with E-state index in [2.05, 4.69) is 20.6 Å². The molecule has 1 aliphatic rings. The van der Waals surface area contributed by atoms with E-state index < -0.39 is 36.2 Å². The van der Waals surface area contributed by atoms with Crippen molar-refractivity contribution in [2.45, 2.75) is 50.4 Å². The van der Waals surface area contributed by atoms with Crippen LogP contribution >= 0.6 is 0 Å². The van der Waals surface area contributed by atoms with E-state index in [9.17, 15) is 23.1 Å². The highest BCUT2D eigenvalue weighted by molar-refractivity contribution is 5.99. The smallest absolute Gasteiger partial charge is 0.255 e. The second kappa shape index (κ2) is 8.61. The lowest BCUT2D eigenvalue weighted by Gasteiger charge is -2.36. The Morgan fingerprint density at radius 1 is 1.35 bits per heavy atom. The number of nitrogens with one attached hydrogen (secondary N) is 2. The monoisotopic (exact) mass is 472 g/mol. The van der Waals surface area contributed by atoms with E-state index in [-0.39, 0.29) is 24.1 Å². The SMILES string of the molecule is CC(C)(O)C(F)CNC(=O)c1cnc(-n2ccc3cc(C#N)cnc32)cc1NC1CC(F)(F)C1. The Labute approximate surface area is 193 Å². The normalized spacial score (nSPS) is 16.5. The van der Waals surface area contributed by atoms with Gasteiger partial charge in [-0.15, -0.1) is 0 Å². The molecule has 11 heteroatoms. The summed E-state index contributed by atoms with van der Waals surface area (Å²) in [7, 11) is 0. The summed E-state index contributed by atoms with van der Waals surface area (Å²) in [5.41, 5.74) is -0.400. The molecule has 34 heavy (non-hydrogen) atoms. The van der Waals surface area contributed by atoms with Gasteiger partial charge in [-0.2, -0.15) is 5.26 Å². The highest BCUT2D eigenvalue weighted by Crippen LogP contribution is 2.39. The third-order valence-corrected chi connectivity index (χ3v) is 5.69. The number of aliphatic hydroxyl groups is 1. The Balaban J connectivity index is 1.65. The third kappa shape index (κ3) is 4.82. The molecular weight excluding hydrogens is 449 g/mol.